The largest absolute Gasteiger partial charge is 0.357 e. The molecule has 0 aromatic carbocycles. The summed E-state index contributed by atoms with van der Waals surface area (Å²) in [5, 5.41) is 10.0. The van der Waals surface area contributed by atoms with E-state index in [4.69, 9.17) is 0 Å². The van der Waals surface area contributed by atoms with Crippen molar-refractivity contribution in [2.75, 3.05) is 19.6 Å². The molecule has 114 valence electrons. The van der Waals surface area contributed by atoms with Crippen molar-refractivity contribution in [2.45, 2.75) is 47.0 Å². The minimum Gasteiger partial charge on any atom is -0.357 e. The maximum absolute atomic E-state index is 4.58. The van der Waals surface area contributed by atoms with Crippen molar-refractivity contribution in [3.63, 3.8) is 0 Å². The number of nitrogens with one attached hydrogen (secondary N) is 2. The molecule has 0 saturated carbocycles. The van der Waals surface area contributed by atoms with Gasteiger partial charge in [0.1, 0.15) is 0 Å². The third-order valence-corrected chi connectivity index (χ3v) is 3.94. The van der Waals surface area contributed by atoms with Crippen LogP contribution in [0.2, 0.25) is 0 Å². The molecule has 1 aromatic rings. The number of thiazole rings is 1. The molecular formula is C15H28N4S. The van der Waals surface area contributed by atoms with Crippen LogP contribution in [0.5, 0.6) is 0 Å². The van der Waals surface area contributed by atoms with Gasteiger partial charge in [-0.1, -0.05) is 20.8 Å². The molecular weight excluding hydrogens is 268 g/mol. The van der Waals surface area contributed by atoms with E-state index in [-0.39, 0.29) is 0 Å². The van der Waals surface area contributed by atoms with Gasteiger partial charge >= 0.3 is 0 Å². The summed E-state index contributed by atoms with van der Waals surface area (Å²) in [7, 11) is 0. The fourth-order valence-electron chi connectivity index (χ4n) is 1.71. The van der Waals surface area contributed by atoms with E-state index in [0.717, 1.165) is 44.9 Å². The molecule has 0 radical (unpaired) electrons. The van der Waals surface area contributed by atoms with Gasteiger partial charge in [0.2, 0.25) is 0 Å². The molecule has 20 heavy (non-hydrogen) atoms. The highest BCUT2D eigenvalue weighted by Gasteiger charge is 2.02. The first-order chi connectivity index (χ1) is 9.65. The molecule has 0 aliphatic carbocycles. The minimum atomic E-state index is 0.698. The van der Waals surface area contributed by atoms with Gasteiger partial charge in [0.05, 0.1) is 10.7 Å². The van der Waals surface area contributed by atoms with Crippen LogP contribution in [0.1, 0.15) is 44.8 Å². The molecule has 2 N–H and O–H groups in total. The zero-order valence-corrected chi connectivity index (χ0v) is 14.0. The summed E-state index contributed by atoms with van der Waals surface area (Å²) in [6, 6.07) is 0. The first kappa shape index (κ1) is 17.0. The normalized spacial score (nSPS) is 11.9. The summed E-state index contributed by atoms with van der Waals surface area (Å²) in [5.41, 5.74) is 1.18. The van der Waals surface area contributed by atoms with Crippen LogP contribution >= 0.6 is 11.3 Å². The maximum atomic E-state index is 4.58. The number of nitrogens with zero attached hydrogens (tertiary/aromatic N) is 2. The van der Waals surface area contributed by atoms with Crippen molar-refractivity contribution in [1.82, 2.24) is 15.6 Å². The Bertz CT molecular complexity index is 398. The Labute approximate surface area is 127 Å². The average molecular weight is 296 g/mol. The van der Waals surface area contributed by atoms with Gasteiger partial charge in [0.25, 0.3) is 0 Å². The molecule has 1 aromatic heterocycles. The Morgan fingerprint density at radius 2 is 2.15 bits per heavy atom. The van der Waals surface area contributed by atoms with Crippen molar-refractivity contribution in [3.8, 4) is 0 Å². The third kappa shape index (κ3) is 6.89. The molecule has 0 amide bonds. The van der Waals surface area contributed by atoms with Crippen molar-refractivity contribution < 1.29 is 0 Å². The smallest absolute Gasteiger partial charge is 0.191 e. The molecule has 4 nitrogen and oxygen atoms in total. The average Bonchev–Trinajstić information content (AvgIpc) is 2.86. The summed E-state index contributed by atoms with van der Waals surface area (Å²) >= 11 is 1.75. The molecule has 0 atom stereocenters. The summed E-state index contributed by atoms with van der Waals surface area (Å²) < 4.78 is 0. The van der Waals surface area contributed by atoms with Gasteiger partial charge < -0.3 is 10.6 Å². The minimum absolute atomic E-state index is 0.698. The molecule has 1 heterocycles. The van der Waals surface area contributed by atoms with Gasteiger partial charge in [0, 0.05) is 31.4 Å². The lowest BCUT2D eigenvalue weighted by Gasteiger charge is -2.11. The second kappa shape index (κ2) is 9.75. The lowest BCUT2D eigenvalue weighted by atomic mass is 10.1. The molecule has 0 unspecified atom stereocenters. The second-order valence-corrected chi connectivity index (χ2v) is 6.15. The first-order valence-corrected chi connectivity index (χ1v) is 8.49. The molecule has 0 aliphatic heterocycles. The van der Waals surface area contributed by atoms with Gasteiger partial charge in [-0.2, -0.15) is 0 Å². The SMILES string of the molecule is CCNC(=NCCC(C)C)NCCc1csc(CC)n1. The Balaban J connectivity index is 2.34. The van der Waals surface area contributed by atoms with E-state index in [0.29, 0.717) is 5.92 Å². The molecule has 1 rings (SSSR count). The number of hydrogen-bond acceptors (Lipinski definition) is 3. The number of aryl methyl sites for hydroxylation is 1. The second-order valence-electron chi connectivity index (χ2n) is 5.21. The maximum Gasteiger partial charge on any atom is 0.191 e. The lowest BCUT2D eigenvalue weighted by molar-refractivity contribution is 0.594. The number of guanidine groups is 1. The molecule has 0 saturated heterocycles. The Morgan fingerprint density at radius 1 is 1.35 bits per heavy atom. The topological polar surface area (TPSA) is 49.3 Å². The highest BCUT2D eigenvalue weighted by Crippen LogP contribution is 2.10. The van der Waals surface area contributed by atoms with E-state index in [9.17, 15) is 0 Å². The van der Waals surface area contributed by atoms with Crippen molar-refractivity contribution in [3.05, 3.63) is 16.1 Å². The van der Waals surface area contributed by atoms with Gasteiger partial charge in [-0.3, -0.25) is 4.99 Å². The van der Waals surface area contributed by atoms with E-state index in [1.807, 2.05) is 0 Å². The van der Waals surface area contributed by atoms with Gasteiger partial charge in [0.15, 0.2) is 5.96 Å². The van der Waals surface area contributed by atoms with Gasteiger partial charge in [-0.05, 0) is 25.7 Å². The van der Waals surface area contributed by atoms with Crippen molar-refractivity contribution in [2.24, 2.45) is 10.9 Å². The number of aromatic nitrogens is 1. The van der Waals surface area contributed by atoms with E-state index in [1.165, 1.54) is 10.7 Å². The van der Waals surface area contributed by atoms with E-state index < -0.39 is 0 Å². The Kier molecular flexibility index (Phi) is 8.26. The first-order valence-electron chi connectivity index (χ1n) is 7.61. The predicted molar refractivity (Wildman–Crippen MR) is 88.6 cm³/mol. The molecule has 5 heteroatoms. The molecule has 0 aliphatic rings. The molecule has 0 bridgehead atoms. The standard InChI is InChI=1S/C15H28N4S/c1-5-14-19-13(11-20-14)8-10-18-15(16-6-2)17-9-7-12(3)4/h11-12H,5-10H2,1-4H3,(H2,16,17,18). The van der Waals surface area contributed by atoms with Gasteiger partial charge in [-0.25, -0.2) is 4.98 Å². The van der Waals surface area contributed by atoms with Crippen LogP contribution in [-0.4, -0.2) is 30.6 Å². The van der Waals surface area contributed by atoms with E-state index in [1.54, 1.807) is 11.3 Å². The van der Waals surface area contributed by atoms with Crippen molar-refractivity contribution >= 4 is 17.3 Å². The third-order valence-electron chi connectivity index (χ3n) is 2.90. The summed E-state index contributed by atoms with van der Waals surface area (Å²) in [6.45, 7) is 11.3. The fraction of sp³-hybridized carbons (Fsp3) is 0.733. The molecule has 0 fully saturated rings. The van der Waals surface area contributed by atoms with E-state index >= 15 is 0 Å². The van der Waals surface area contributed by atoms with E-state index in [2.05, 4.69) is 53.7 Å². The zero-order chi connectivity index (χ0) is 14.8. The lowest BCUT2D eigenvalue weighted by Crippen LogP contribution is -2.38. The highest BCUT2D eigenvalue weighted by molar-refractivity contribution is 7.09. The zero-order valence-electron chi connectivity index (χ0n) is 13.2. The summed E-state index contributed by atoms with van der Waals surface area (Å²) in [5.74, 6) is 1.61. The Hall–Kier alpha value is -1.10. The van der Waals surface area contributed by atoms with Crippen LogP contribution in [-0.2, 0) is 12.8 Å². The predicted octanol–water partition coefficient (Wildman–Crippen LogP) is 2.85. The highest BCUT2D eigenvalue weighted by atomic mass is 32.1. The van der Waals surface area contributed by atoms with Crippen LogP contribution in [0.3, 0.4) is 0 Å². The van der Waals surface area contributed by atoms with Crippen LogP contribution in [0.15, 0.2) is 10.4 Å². The van der Waals surface area contributed by atoms with Crippen LogP contribution in [0, 0.1) is 5.92 Å². The summed E-state index contributed by atoms with van der Waals surface area (Å²) in [4.78, 5) is 9.16. The quantitative estimate of drug-likeness (QED) is 0.573. The summed E-state index contributed by atoms with van der Waals surface area (Å²) in [6.07, 6.45) is 3.10. The van der Waals surface area contributed by atoms with Crippen molar-refractivity contribution in [1.29, 1.82) is 0 Å². The van der Waals surface area contributed by atoms with Crippen LogP contribution in [0.25, 0.3) is 0 Å². The fourth-order valence-corrected chi connectivity index (χ4v) is 2.49. The molecule has 0 spiro atoms. The van der Waals surface area contributed by atoms with Crippen LogP contribution in [0.4, 0.5) is 0 Å². The number of aliphatic imine (C=N–C) groups is 1. The Morgan fingerprint density at radius 3 is 2.75 bits per heavy atom. The monoisotopic (exact) mass is 296 g/mol. The number of hydrogen-bond donors (Lipinski definition) is 2. The van der Waals surface area contributed by atoms with Gasteiger partial charge in [-0.15, -0.1) is 11.3 Å². The van der Waals surface area contributed by atoms with Crippen LogP contribution < -0.4 is 10.6 Å². The number of rotatable bonds is 8.